The Bertz CT molecular complexity index is 982. The van der Waals surface area contributed by atoms with Crippen molar-refractivity contribution in [3.8, 4) is 5.75 Å². The SMILES string of the molecule is COc1cc2nc(C3CC3)cn2cc1NC(=O)c1cccc(C(F)F)n1. The number of methoxy groups -OCH3 is 1. The molecule has 3 heterocycles. The maximum Gasteiger partial charge on any atom is 0.280 e. The highest BCUT2D eigenvalue weighted by molar-refractivity contribution is 6.03. The number of halogens is 2. The van der Waals surface area contributed by atoms with Crippen LogP contribution in [0.3, 0.4) is 0 Å². The second-order valence-corrected chi connectivity index (χ2v) is 6.16. The highest BCUT2D eigenvalue weighted by Crippen LogP contribution is 2.40. The van der Waals surface area contributed by atoms with Crippen LogP contribution in [0.1, 0.15) is 47.1 Å². The molecule has 134 valence electrons. The van der Waals surface area contributed by atoms with Gasteiger partial charge in [0.05, 0.1) is 12.8 Å². The molecule has 0 unspecified atom stereocenters. The lowest BCUT2D eigenvalue weighted by molar-refractivity contribution is 0.101. The van der Waals surface area contributed by atoms with Gasteiger partial charge in [-0.05, 0) is 25.0 Å². The summed E-state index contributed by atoms with van der Waals surface area (Å²) in [7, 11) is 1.49. The van der Waals surface area contributed by atoms with Crippen molar-refractivity contribution in [3.63, 3.8) is 0 Å². The molecule has 1 saturated carbocycles. The van der Waals surface area contributed by atoms with Crippen LogP contribution < -0.4 is 10.1 Å². The van der Waals surface area contributed by atoms with E-state index in [9.17, 15) is 13.6 Å². The van der Waals surface area contributed by atoms with Crippen LogP contribution in [0.15, 0.2) is 36.7 Å². The van der Waals surface area contributed by atoms with Gasteiger partial charge in [0.15, 0.2) is 0 Å². The molecule has 0 radical (unpaired) electrons. The smallest absolute Gasteiger partial charge is 0.280 e. The van der Waals surface area contributed by atoms with Crippen LogP contribution in [0.4, 0.5) is 14.5 Å². The van der Waals surface area contributed by atoms with Crippen molar-refractivity contribution in [2.45, 2.75) is 25.2 Å². The number of nitrogens with one attached hydrogen (secondary N) is 1. The van der Waals surface area contributed by atoms with Crippen molar-refractivity contribution < 1.29 is 18.3 Å². The molecule has 1 fully saturated rings. The maximum atomic E-state index is 12.8. The fraction of sp³-hybridized carbons (Fsp3) is 0.278. The van der Waals surface area contributed by atoms with Crippen molar-refractivity contribution in [1.29, 1.82) is 0 Å². The summed E-state index contributed by atoms with van der Waals surface area (Å²) in [5.41, 5.74) is 1.62. The number of anilines is 1. The van der Waals surface area contributed by atoms with E-state index >= 15 is 0 Å². The second-order valence-electron chi connectivity index (χ2n) is 6.16. The normalized spacial score (nSPS) is 14.0. The molecule has 1 amide bonds. The highest BCUT2D eigenvalue weighted by Gasteiger charge is 2.26. The Kier molecular flexibility index (Phi) is 4.02. The van der Waals surface area contributed by atoms with E-state index in [0.717, 1.165) is 24.2 Å². The molecule has 26 heavy (non-hydrogen) atoms. The Balaban J connectivity index is 1.64. The van der Waals surface area contributed by atoms with E-state index in [0.29, 0.717) is 17.4 Å². The first-order valence-electron chi connectivity index (χ1n) is 8.18. The molecule has 0 saturated heterocycles. The Morgan fingerprint density at radius 2 is 2.12 bits per heavy atom. The quantitative estimate of drug-likeness (QED) is 0.753. The summed E-state index contributed by atoms with van der Waals surface area (Å²) in [6.45, 7) is 0. The van der Waals surface area contributed by atoms with Crippen LogP contribution in [-0.4, -0.2) is 27.4 Å². The molecule has 3 aromatic rings. The maximum absolute atomic E-state index is 12.8. The van der Waals surface area contributed by atoms with Gasteiger partial charge in [-0.3, -0.25) is 4.79 Å². The van der Waals surface area contributed by atoms with E-state index < -0.39 is 18.0 Å². The van der Waals surface area contributed by atoms with E-state index in [1.54, 1.807) is 12.3 Å². The molecule has 0 spiro atoms. The molecule has 0 aliphatic heterocycles. The standard InChI is InChI=1S/C18H16F2N4O2/c1-26-15-7-16-22-13(10-5-6-10)8-24(16)9-14(15)23-18(25)12-4-2-3-11(21-12)17(19)20/h2-4,7-10,17H,5-6H2,1H3,(H,23,25). The van der Waals surface area contributed by atoms with E-state index in [-0.39, 0.29) is 5.69 Å². The minimum atomic E-state index is -2.74. The minimum Gasteiger partial charge on any atom is -0.494 e. The number of alkyl halides is 2. The first kappa shape index (κ1) is 16.4. The Hall–Kier alpha value is -3.03. The van der Waals surface area contributed by atoms with Crippen LogP contribution in [0.5, 0.6) is 5.75 Å². The summed E-state index contributed by atoms with van der Waals surface area (Å²) in [6, 6.07) is 5.67. The summed E-state index contributed by atoms with van der Waals surface area (Å²) < 4.78 is 32.7. The number of ether oxygens (including phenoxy) is 1. The molecule has 8 heteroatoms. The third-order valence-corrected chi connectivity index (χ3v) is 4.26. The van der Waals surface area contributed by atoms with Gasteiger partial charge in [-0.25, -0.2) is 18.7 Å². The lowest BCUT2D eigenvalue weighted by Crippen LogP contribution is -2.15. The zero-order valence-corrected chi connectivity index (χ0v) is 13.9. The first-order chi connectivity index (χ1) is 12.5. The highest BCUT2D eigenvalue weighted by atomic mass is 19.3. The van der Waals surface area contributed by atoms with Crippen molar-refractivity contribution in [1.82, 2.24) is 14.4 Å². The van der Waals surface area contributed by atoms with Crippen LogP contribution in [-0.2, 0) is 0 Å². The van der Waals surface area contributed by atoms with Crippen LogP contribution in [0, 0.1) is 0 Å². The molecule has 6 nitrogen and oxygen atoms in total. The van der Waals surface area contributed by atoms with Crippen molar-refractivity contribution in [2.75, 3.05) is 12.4 Å². The van der Waals surface area contributed by atoms with Gasteiger partial charge in [0.1, 0.15) is 28.5 Å². The van der Waals surface area contributed by atoms with Gasteiger partial charge in [0, 0.05) is 24.4 Å². The number of pyridine rings is 2. The van der Waals surface area contributed by atoms with Gasteiger partial charge in [-0.1, -0.05) is 6.07 Å². The predicted molar refractivity (Wildman–Crippen MR) is 90.9 cm³/mol. The topological polar surface area (TPSA) is 68.5 Å². The fourth-order valence-corrected chi connectivity index (χ4v) is 2.76. The zero-order chi connectivity index (χ0) is 18.3. The number of carbonyl (C=O) groups is 1. The summed E-state index contributed by atoms with van der Waals surface area (Å²) >= 11 is 0. The number of hydrogen-bond acceptors (Lipinski definition) is 4. The largest absolute Gasteiger partial charge is 0.494 e. The van der Waals surface area contributed by atoms with E-state index in [1.165, 1.54) is 25.3 Å². The number of aromatic nitrogens is 3. The third kappa shape index (κ3) is 3.10. The Morgan fingerprint density at radius 3 is 2.81 bits per heavy atom. The van der Waals surface area contributed by atoms with Crippen molar-refractivity contribution in [2.24, 2.45) is 0 Å². The number of amides is 1. The van der Waals surface area contributed by atoms with Crippen LogP contribution in [0.2, 0.25) is 0 Å². The lowest BCUT2D eigenvalue weighted by Gasteiger charge is -2.11. The number of fused-ring (bicyclic) bond motifs is 1. The molecular weight excluding hydrogens is 342 g/mol. The number of nitrogens with zero attached hydrogens (tertiary/aromatic N) is 3. The summed E-state index contributed by atoms with van der Waals surface area (Å²) in [6.07, 6.45) is 3.16. The number of imidazole rings is 1. The lowest BCUT2D eigenvalue weighted by atomic mass is 10.2. The van der Waals surface area contributed by atoms with Gasteiger partial charge in [0.2, 0.25) is 0 Å². The van der Waals surface area contributed by atoms with Crippen molar-refractivity contribution in [3.05, 3.63) is 53.7 Å². The Morgan fingerprint density at radius 1 is 1.31 bits per heavy atom. The minimum absolute atomic E-state index is 0.0887. The summed E-state index contributed by atoms with van der Waals surface area (Å²) in [4.78, 5) is 20.7. The molecule has 1 N–H and O–H groups in total. The average molecular weight is 358 g/mol. The molecule has 1 aliphatic carbocycles. The zero-order valence-electron chi connectivity index (χ0n) is 13.9. The van der Waals surface area contributed by atoms with E-state index in [4.69, 9.17) is 4.74 Å². The molecular formula is C18H16F2N4O2. The first-order valence-corrected chi connectivity index (χ1v) is 8.18. The third-order valence-electron chi connectivity index (χ3n) is 4.26. The molecule has 1 aliphatic rings. The summed E-state index contributed by atoms with van der Waals surface area (Å²) in [5, 5.41) is 2.67. The van der Waals surface area contributed by atoms with Gasteiger partial charge < -0.3 is 14.5 Å². The second kappa shape index (κ2) is 6.36. The number of rotatable bonds is 5. The summed E-state index contributed by atoms with van der Waals surface area (Å²) in [5.74, 6) is 0.344. The molecule has 0 aromatic carbocycles. The van der Waals surface area contributed by atoms with E-state index in [2.05, 4.69) is 15.3 Å². The molecule has 3 aromatic heterocycles. The van der Waals surface area contributed by atoms with E-state index in [1.807, 2.05) is 10.6 Å². The average Bonchev–Trinajstić information content (AvgIpc) is 3.41. The number of hydrogen-bond donors (Lipinski definition) is 1. The molecule has 0 atom stereocenters. The van der Waals surface area contributed by atoms with Gasteiger partial charge >= 0.3 is 0 Å². The van der Waals surface area contributed by atoms with Gasteiger partial charge in [-0.2, -0.15) is 0 Å². The van der Waals surface area contributed by atoms with Gasteiger partial charge in [-0.15, -0.1) is 0 Å². The predicted octanol–water partition coefficient (Wildman–Crippen LogP) is 3.81. The van der Waals surface area contributed by atoms with Gasteiger partial charge in [0.25, 0.3) is 12.3 Å². The molecule has 4 rings (SSSR count). The van der Waals surface area contributed by atoms with Crippen LogP contribution >= 0.6 is 0 Å². The van der Waals surface area contributed by atoms with Crippen molar-refractivity contribution >= 4 is 17.2 Å². The Labute approximate surface area is 147 Å². The fourth-order valence-electron chi connectivity index (χ4n) is 2.76. The molecule has 0 bridgehead atoms. The monoisotopic (exact) mass is 358 g/mol. The van der Waals surface area contributed by atoms with Crippen LogP contribution in [0.25, 0.3) is 5.65 Å². The number of carbonyl (C=O) groups excluding carboxylic acids is 1.